The summed E-state index contributed by atoms with van der Waals surface area (Å²) >= 11 is 15.9. The van der Waals surface area contributed by atoms with E-state index >= 15 is 0 Å². The van der Waals surface area contributed by atoms with Crippen molar-refractivity contribution >= 4 is 84.0 Å². The van der Waals surface area contributed by atoms with Gasteiger partial charge in [0.1, 0.15) is 10.9 Å². The molecular formula is C26H21BrCl2N6O7S. The van der Waals surface area contributed by atoms with E-state index in [1.54, 1.807) is 6.07 Å². The Hall–Kier alpha value is -3.63. The maximum atomic E-state index is 13.9. The van der Waals surface area contributed by atoms with Crippen LogP contribution in [0.1, 0.15) is 35.2 Å². The third-order valence-electron chi connectivity index (χ3n) is 6.73. The number of carbonyl (C=O) groups is 2. The molecule has 1 unspecified atom stereocenters. The Morgan fingerprint density at radius 2 is 1.93 bits per heavy atom. The van der Waals surface area contributed by atoms with E-state index in [-0.39, 0.29) is 44.8 Å². The Labute approximate surface area is 263 Å². The number of hydrazone groups is 1. The fourth-order valence-electron chi connectivity index (χ4n) is 4.44. The van der Waals surface area contributed by atoms with Gasteiger partial charge in [-0.1, -0.05) is 23.2 Å². The zero-order chi connectivity index (χ0) is 31.1. The monoisotopic (exact) mass is 710 g/mol. The van der Waals surface area contributed by atoms with E-state index in [1.807, 2.05) is 0 Å². The van der Waals surface area contributed by atoms with Gasteiger partial charge in [0.15, 0.2) is 5.82 Å². The summed E-state index contributed by atoms with van der Waals surface area (Å²) < 4.78 is 34.5. The van der Waals surface area contributed by atoms with Crippen LogP contribution in [-0.2, 0) is 14.9 Å². The van der Waals surface area contributed by atoms with Crippen molar-refractivity contribution in [1.29, 1.82) is 0 Å². The maximum absolute atomic E-state index is 13.9. The topological polar surface area (TPSA) is 184 Å². The van der Waals surface area contributed by atoms with Crippen molar-refractivity contribution in [2.45, 2.75) is 30.2 Å². The normalized spacial score (nSPS) is 16.5. The molecule has 2 heterocycles. The first-order valence-electron chi connectivity index (χ1n) is 12.6. The van der Waals surface area contributed by atoms with Crippen LogP contribution in [0.2, 0.25) is 10.0 Å². The molecule has 1 saturated carbocycles. The minimum Gasteiger partial charge on any atom is -0.352 e. The van der Waals surface area contributed by atoms with Crippen molar-refractivity contribution in [3.05, 3.63) is 84.4 Å². The van der Waals surface area contributed by atoms with E-state index in [0.717, 1.165) is 36.0 Å². The van der Waals surface area contributed by atoms with Crippen LogP contribution >= 0.6 is 39.1 Å². The number of nitro groups is 1. The van der Waals surface area contributed by atoms with Gasteiger partial charge in [-0.15, -0.1) is 0 Å². The van der Waals surface area contributed by atoms with Gasteiger partial charge in [-0.2, -0.15) is 13.5 Å². The van der Waals surface area contributed by atoms with E-state index in [1.165, 1.54) is 24.4 Å². The van der Waals surface area contributed by atoms with Crippen LogP contribution < -0.4 is 15.6 Å². The molecule has 224 valence electrons. The molecule has 2 aromatic carbocycles. The molecule has 17 heteroatoms. The molecule has 2 aliphatic rings. The summed E-state index contributed by atoms with van der Waals surface area (Å²) in [5, 5.41) is 22.9. The van der Waals surface area contributed by atoms with Gasteiger partial charge in [0.25, 0.3) is 21.7 Å². The van der Waals surface area contributed by atoms with E-state index in [2.05, 4.69) is 36.6 Å². The largest absolute Gasteiger partial charge is 0.352 e. The number of pyridine rings is 1. The fourth-order valence-corrected chi connectivity index (χ4v) is 6.25. The van der Waals surface area contributed by atoms with Gasteiger partial charge in [0.2, 0.25) is 5.91 Å². The highest BCUT2D eigenvalue weighted by Crippen LogP contribution is 2.36. The highest BCUT2D eigenvalue weighted by molar-refractivity contribution is 9.10. The van der Waals surface area contributed by atoms with Crippen molar-refractivity contribution in [1.82, 2.24) is 10.3 Å². The lowest BCUT2D eigenvalue weighted by molar-refractivity contribution is -0.384. The number of hydrogen-bond donors (Lipinski definition) is 3. The molecule has 0 bridgehead atoms. The second-order valence-corrected chi connectivity index (χ2v) is 12.9. The first-order valence-corrected chi connectivity index (χ1v) is 15.6. The van der Waals surface area contributed by atoms with Crippen molar-refractivity contribution in [2.24, 2.45) is 11.0 Å². The SMILES string of the molecule is O=C(NCC1CC1)c1cc(Cl)cc(Br)c1NC(=O)C1CC(c2cc([N+](=O)[O-])ccc2S(=O)(=O)O)=NN1c1ncccc1Cl. The molecule has 2 amide bonds. The Morgan fingerprint density at radius 3 is 2.58 bits per heavy atom. The number of hydrogen-bond acceptors (Lipinski definition) is 9. The van der Waals surface area contributed by atoms with Crippen LogP contribution in [0, 0.1) is 16.0 Å². The average molecular weight is 712 g/mol. The lowest BCUT2D eigenvalue weighted by atomic mass is 10.0. The van der Waals surface area contributed by atoms with Crippen LogP contribution in [0.3, 0.4) is 0 Å². The van der Waals surface area contributed by atoms with Crippen molar-refractivity contribution in [3.8, 4) is 0 Å². The Bertz CT molecular complexity index is 1800. The molecule has 3 N–H and O–H groups in total. The summed E-state index contributed by atoms with van der Waals surface area (Å²) in [4.78, 5) is 41.2. The van der Waals surface area contributed by atoms with Crippen molar-refractivity contribution in [3.63, 3.8) is 0 Å². The number of benzene rings is 2. The minimum atomic E-state index is -4.85. The quantitative estimate of drug-likeness (QED) is 0.155. The van der Waals surface area contributed by atoms with Crippen LogP contribution in [0.5, 0.6) is 0 Å². The number of nitro benzene ring substituents is 1. The molecule has 0 radical (unpaired) electrons. The second kappa shape index (κ2) is 12.2. The van der Waals surface area contributed by atoms with Crippen molar-refractivity contribution < 1.29 is 27.5 Å². The van der Waals surface area contributed by atoms with E-state index in [9.17, 15) is 32.7 Å². The van der Waals surface area contributed by atoms with Gasteiger partial charge in [-0.25, -0.2) is 9.99 Å². The molecule has 5 rings (SSSR count). The first kappa shape index (κ1) is 30.8. The van der Waals surface area contributed by atoms with E-state index in [0.29, 0.717) is 16.9 Å². The molecule has 3 aromatic rings. The molecule has 43 heavy (non-hydrogen) atoms. The molecule has 0 spiro atoms. The Balaban J connectivity index is 1.54. The number of nitrogens with one attached hydrogen (secondary N) is 2. The summed E-state index contributed by atoms with van der Waals surface area (Å²) in [5.74, 6) is -0.709. The third kappa shape index (κ3) is 6.80. The first-order chi connectivity index (χ1) is 20.3. The molecule has 1 aromatic heterocycles. The maximum Gasteiger partial charge on any atom is 0.295 e. The minimum absolute atomic E-state index is 0.0377. The highest BCUT2D eigenvalue weighted by Gasteiger charge is 2.38. The molecule has 1 fully saturated rings. The highest BCUT2D eigenvalue weighted by atomic mass is 79.9. The standard InChI is InChI=1S/C26H21BrCl2N6O7S/c27-18-9-14(28)8-17(25(36)31-12-13-3-4-13)23(18)32-26(37)21-11-20(33-34(21)24-19(29)2-1-7-30-24)16-10-15(35(38)39)5-6-22(16)43(40,41)42/h1-2,5-10,13,21H,3-4,11-12H2,(H,31,36)(H,32,37)(H,40,41,42). The van der Waals surface area contributed by atoms with Gasteiger partial charge in [-0.05, 0) is 65.0 Å². The van der Waals surface area contributed by atoms with Crippen LogP contribution in [0.15, 0.2) is 63.1 Å². The van der Waals surface area contributed by atoms with Gasteiger partial charge in [-0.3, -0.25) is 24.3 Å². The van der Waals surface area contributed by atoms with E-state index < -0.39 is 43.5 Å². The lowest BCUT2D eigenvalue weighted by Crippen LogP contribution is -2.39. The second-order valence-electron chi connectivity index (χ2n) is 9.79. The fraction of sp³-hybridized carbons (Fsp3) is 0.231. The van der Waals surface area contributed by atoms with Crippen LogP contribution in [0.4, 0.5) is 17.2 Å². The molecule has 1 aliphatic heterocycles. The van der Waals surface area contributed by atoms with Gasteiger partial charge < -0.3 is 10.6 Å². The number of rotatable bonds is 9. The summed E-state index contributed by atoms with van der Waals surface area (Å²) in [6, 6.07) is 7.49. The number of non-ortho nitro benzene ring substituents is 1. The summed E-state index contributed by atoms with van der Waals surface area (Å²) in [6.45, 7) is 0.474. The third-order valence-corrected chi connectivity index (χ3v) is 8.78. The number of carbonyl (C=O) groups excluding carboxylic acids is 2. The van der Waals surface area contributed by atoms with Gasteiger partial charge in [0, 0.05) is 46.4 Å². The predicted molar refractivity (Wildman–Crippen MR) is 162 cm³/mol. The Morgan fingerprint density at radius 1 is 1.19 bits per heavy atom. The average Bonchev–Trinajstić information content (AvgIpc) is 3.68. The molecule has 1 aliphatic carbocycles. The zero-order valence-corrected chi connectivity index (χ0v) is 25.7. The van der Waals surface area contributed by atoms with Crippen LogP contribution in [0.25, 0.3) is 0 Å². The molecule has 1 atom stereocenters. The smallest absolute Gasteiger partial charge is 0.295 e. The van der Waals surface area contributed by atoms with Gasteiger partial charge >= 0.3 is 0 Å². The predicted octanol–water partition coefficient (Wildman–Crippen LogP) is 5.07. The Kier molecular flexibility index (Phi) is 8.72. The summed E-state index contributed by atoms with van der Waals surface area (Å²) in [5.41, 5.74) is -0.598. The molecule has 0 saturated heterocycles. The zero-order valence-electron chi connectivity index (χ0n) is 21.8. The molecular weight excluding hydrogens is 691 g/mol. The van der Waals surface area contributed by atoms with Crippen molar-refractivity contribution in [2.75, 3.05) is 16.9 Å². The number of amides is 2. The van der Waals surface area contributed by atoms with E-state index in [4.69, 9.17) is 23.2 Å². The number of aromatic nitrogens is 1. The van der Waals surface area contributed by atoms with Crippen LogP contribution in [-0.4, -0.2) is 53.0 Å². The molecule has 13 nitrogen and oxygen atoms in total. The number of anilines is 2. The number of halogens is 3. The summed E-state index contributed by atoms with van der Waals surface area (Å²) in [6.07, 6.45) is 3.15. The number of nitrogens with zero attached hydrogens (tertiary/aromatic N) is 4. The lowest BCUT2D eigenvalue weighted by Gasteiger charge is -2.23. The summed E-state index contributed by atoms with van der Waals surface area (Å²) in [7, 11) is -4.85. The van der Waals surface area contributed by atoms with Gasteiger partial charge in [0.05, 0.1) is 26.9 Å².